The molecule has 2 aromatic carbocycles. The molecule has 2 aromatic rings. The van der Waals surface area contributed by atoms with Gasteiger partial charge in [-0.1, -0.05) is 55.3 Å². The third-order valence-electron chi connectivity index (χ3n) is 5.23. The Kier molecular flexibility index (Phi) is 11.8. The smallest absolute Gasteiger partial charge is 0.326 e. The zero-order valence-electron chi connectivity index (χ0n) is 19.5. The van der Waals surface area contributed by atoms with Gasteiger partial charge in [0.25, 0.3) is 0 Å². The zero-order valence-corrected chi connectivity index (χ0v) is 19.5. The number of nitrogens with one attached hydrogen (secondary N) is 4. The number of hydroxylamine groups is 1. The maximum absolute atomic E-state index is 12.2. The summed E-state index contributed by atoms with van der Waals surface area (Å²) in [6.07, 6.45) is 3.69. The molecule has 0 heterocycles. The van der Waals surface area contributed by atoms with E-state index in [0.29, 0.717) is 24.9 Å². The summed E-state index contributed by atoms with van der Waals surface area (Å²) < 4.78 is 0. The molecule has 6 N–H and O–H groups in total. The first-order chi connectivity index (χ1) is 16.9. The number of aliphatic carboxylic acids is 1. The summed E-state index contributed by atoms with van der Waals surface area (Å²) in [6.45, 7) is 0.161. The van der Waals surface area contributed by atoms with Crippen molar-refractivity contribution in [3.63, 3.8) is 0 Å². The van der Waals surface area contributed by atoms with Crippen molar-refractivity contribution in [2.45, 2.75) is 57.5 Å². The molecule has 0 bridgehead atoms. The molecule has 0 aliphatic heterocycles. The van der Waals surface area contributed by atoms with E-state index in [2.05, 4.69) is 16.0 Å². The van der Waals surface area contributed by atoms with Gasteiger partial charge < -0.3 is 21.1 Å². The van der Waals surface area contributed by atoms with Gasteiger partial charge in [0.2, 0.25) is 11.8 Å². The lowest BCUT2D eigenvalue weighted by molar-refractivity contribution is -0.139. The Labute approximate surface area is 204 Å². The molecule has 0 radical (unpaired) electrons. The molecular weight excluding hydrogens is 452 g/mol. The van der Waals surface area contributed by atoms with Crippen LogP contribution < -0.4 is 21.4 Å². The quantitative estimate of drug-likeness (QED) is 0.137. The minimum Gasteiger partial charge on any atom is -0.480 e. The van der Waals surface area contributed by atoms with Crippen molar-refractivity contribution in [1.29, 1.82) is 0 Å². The molecule has 188 valence electrons. The fraction of sp³-hybridized carbons (Fsp3) is 0.360. The number of urea groups is 1. The SMILES string of the molecule is O=C(CCCCCCC(=O)Nc1cccc(CNC(=O)NC(Cc2ccccc2)C(=O)O)c1)NO. The second-order valence-corrected chi connectivity index (χ2v) is 8.11. The standard InChI is InChI=1S/C25H32N4O6/c30-22(13-6-1-2-7-14-23(31)29-35)27-20-12-8-11-19(15-20)17-26-25(34)28-21(24(32)33)16-18-9-4-3-5-10-18/h3-5,8-12,15,21,35H,1-2,6-7,13-14,16-17H2,(H,27,30)(H,29,31)(H,32,33)(H2,26,28,34). The second-order valence-electron chi connectivity index (χ2n) is 8.11. The first-order valence-corrected chi connectivity index (χ1v) is 11.5. The highest BCUT2D eigenvalue weighted by Gasteiger charge is 2.20. The van der Waals surface area contributed by atoms with Crippen molar-refractivity contribution in [1.82, 2.24) is 16.1 Å². The van der Waals surface area contributed by atoms with E-state index in [0.717, 1.165) is 24.0 Å². The van der Waals surface area contributed by atoms with Crippen LogP contribution in [0.15, 0.2) is 54.6 Å². The maximum Gasteiger partial charge on any atom is 0.326 e. The molecule has 0 saturated heterocycles. The van der Waals surface area contributed by atoms with E-state index in [4.69, 9.17) is 5.21 Å². The van der Waals surface area contributed by atoms with Crippen LogP contribution in [-0.2, 0) is 27.3 Å². The third kappa shape index (κ3) is 11.2. The lowest BCUT2D eigenvalue weighted by Gasteiger charge is -2.15. The molecule has 1 unspecified atom stereocenters. The van der Waals surface area contributed by atoms with Crippen molar-refractivity contribution < 1.29 is 29.5 Å². The lowest BCUT2D eigenvalue weighted by Crippen LogP contribution is -2.46. The Bertz CT molecular complexity index is 983. The maximum atomic E-state index is 12.2. The van der Waals surface area contributed by atoms with Crippen molar-refractivity contribution in [2.24, 2.45) is 0 Å². The van der Waals surface area contributed by atoms with Crippen LogP contribution in [0.4, 0.5) is 10.5 Å². The fourth-order valence-electron chi connectivity index (χ4n) is 3.40. The first kappa shape index (κ1) is 27.3. The summed E-state index contributed by atoms with van der Waals surface area (Å²) in [5.74, 6) is -1.67. The van der Waals surface area contributed by atoms with Gasteiger partial charge in [0.05, 0.1) is 0 Å². The summed E-state index contributed by atoms with van der Waals surface area (Å²) in [7, 11) is 0. The van der Waals surface area contributed by atoms with E-state index in [9.17, 15) is 24.3 Å². The van der Waals surface area contributed by atoms with Gasteiger partial charge in [0.1, 0.15) is 6.04 Å². The first-order valence-electron chi connectivity index (χ1n) is 11.5. The molecule has 0 fully saturated rings. The van der Waals surface area contributed by atoms with Crippen LogP contribution >= 0.6 is 0 Å². The Morgan fingerprint density at radius 1 is 0.800 bits per heavy atom. The predicted octanol–water partition coefficient (Wildman–Crippen LogP) is 2.97. The van der Waals surface area contributed by atoms with Crippen molar-refractivity contribution >= 4 is 29.5 Å². The molecule has 0 aliphatic carbocycles. The number of amides is 4. The summed E-state index contributed by atoms with van der Waals surface area (Å²) in [5, 5.41) is 25.8. The van der Waals surface area contributed by atoms with Crippen molar-refractivity contribution in [3.05, 3.63) is 65.7 Å². The van der Waals surface area contributed by atoms with Gasteiger partial charge in [-0.05, 0) is 36.1 Å². The van der Waals surface area contributed by atoms with Crippen molar-refractivity contribution in [2.75, 3.05) is 5.32 Å². The molecule has 1 atom stereocenters. The van der Waals surface area contributed by atoms with E-state index >= 15 is 0 Å². The monoisotopic (exact) mass is 484 g/mol. The van der Waals surface area contributed by atoms with Crippen LogP contribution in [0.25, 0.3) is 0 Å². The number of hydrogen-bond acceptors (Lipinski definition) is 5. The van der Waals surface area contributed by atoms with Gasteiger partial charge in [-0.3, -0.25) is 14.8 Å². The van der Waals surface area contributed by atoms with Crippen LogP contribution in [0, 0.1) is 0 Å². The zero-order chi connectivity index (χ0) is 25.5. The van der Waals surface area contributed by atoms with Gasteiger partial charge in [0, 0.05) is 31.5 Å². The highest BCUT2D eigenvalue weighted by Crippen LogP contribution is 2.12. The summed E-state index contributed by atoms with van der Waals surface area (Å²) in [4.78, 5) is 46.9. The van der Waals surface area contributed by atoms with Gasteiger partial charge in [-0.25, -0.2) is 15.1 Å². The highest BCUT2D eigenvalue weighted by molar-refractivity contribution is 5.90. The van der Waals surface area contributed by atoms with Crippen LogP contribution in [0.3, 0.4) is 0 Å². The van der Waals surface area contributed by atoms with Crippen LogP contribution in [0.2, 0.25) is 0 Å². The number of rotatable bonds is 14. The predicted molar refractivity (Wildman–Crippen MR) is 130 cm³/mol. The molecule has 0 aliphatic rings. The number of unbranched alkanes of at least 4 members (excludes halogenated alkanes) is 3. The van der Waals surface area contributed by atoms with E-state index in [1.807, 2.05) is 18.2 Å². The van der Waals surface area contributed by atoms with Crippen molar-refractivity contribution in [3.8, 4) is 0 Å². The van der Waals surface area contributed by atoms with Gasteiger partial charge >= 0.3 is 12.0 Å². The second kappa shape index (κ2) is 15.1. The number of carboxylic acid groups (broad SMARTS) is 1. The number of hydrogen-bond donors (Lipinski definition) is 6. The number of carbonyl (C=O) groups is 4. The molecule has 10 nitrogen and oxygen atoms in total. The number of benzene rings is 2. The lowest BCUT2D eigenvalue weighted by atomic mass is 10.1. The number of anilines is 1. The van der Waals surface area contributed by atoms with Gasteiger partial charge in [0.15, 0.2) is 0 Å². The number of carboxylic acids is 1. The molecule has 4 amide bonds. The summed E-state index contributed by atoms with van der Waals surface area (Å²) >= 11 is 0. The third-order valence-corrected chi connectivity index (χ3v) is 5.23. The molecule has 2 rings (SSSR count). The largest absolute Gasteiger partial charge is 0.480 e. The van der Waals surface area contributed by atoms with E-state index in [1.165, 1.54) is 0 Å². The normalized spacial score (nSPS) is 11.2. The van der Waals surface area contributed by atoms with E-state index in [1.54, 1.807) is 41.9 Å². The summed E-state index contributed by atoms with van der Waals surface area (Å²) in [5.41, 5.74) is 3.74. The topological polar surface area (TPSA) is 157 Å². The average Bonchev–Trinajstić information content (AvgIpc) is 2.85. The molecule has 35 heavy (non-hydrogen) atoms. The minimum atomic E-state index is -1.12. The summed E-state index contributed by atoms with van der Waals surface area (Å²) in [6, 6.07) is 14.4. The number of carbonyl (C=O) groups excluding carboxylic acids is 3. The van der Waals surface area contributed by atoms with Crippen LogP contribution in [0.1, 0.15) is 49.7 Å². The highest BCUT2D eigenvalue weighted by atomic mass is 16.5. The van der Waals surface area contributed by atoms with Gasteiger partial charge in [-0.15, -0.1) is 0 Å². The molecule has 0 saturated carbocycles. The Morgan fingerprint density at radius 2 is 1.46 bits per heavy atom. The Morgan fingerprint density at radius 3 is 2.11 bits per heavy atom. The van der Waals surface area contributed by atoms with E-state index < -0.39 is 23.9 Å². The van der Waals surface area contributed by atoms with Gasteiger partial charge in [-0.2, -0.15) is 0 Å². The molecule has 0 spiro atoms. The average molecular weight is 485 g/mol. The molecule has 10 heteroatoms. The van der Waals surface area contributed by atoms with E-state index in [-0.39, 0.29) is 25.3 Å². The van der Waals surface area contributed by atoms with Crippen LogP contribution in [-0.4, -0.2) is 40.2 Å². The Hall–Kier alpha value is -3.92. The fourth-order valence-corrected chi connectivity index (χ4v) is 3.40. The minimum absolute atomic E-state index is 0.133. The Balaban J connectivity index is 1.73. The molecular formula is C25H32N4O6. The van der Waals surface area contributed by atoms with Crippen LogP contribution in [0.5, 0.6) is 0 Å². The molecule has 0 aromatic heterocycles.